The van der Waals surface area contributed by atoms with Gasteiger partial charge in [0, 0.05) is 22.8 Å². The molecule has 0 fully saturated rings. The van der Waals surface area contributed by atoms with Crippen LogP contribution < -0.4 is 21.5 Å². The van der Waals surface area contributed by atoms with Gasteiger partial charge < -0.3 is 10.6 Å². The molecule has 0 unspecified atom stereocenters. The molecule has 4 N–H and O–H groups in total. The summed E-state index contributed by atoms with van der Waals surface area (Å²) in [6.45, 7) is 0. The number of amides is 1. The molecule has 8 heteroatoms. The van der Waals surface area contributed by atoms with Crippen molar-refractivity contribution in [3.8, 4) is 0 Å². The van der Waals surface area contributed by atoms with Gasteiger partial charge in [0.1, 0.15) is 12.0 Å². The summed E-state index contributed by atoms with van der Waals surface area (Å²) in [5.41, 5.74) is 13.3. The van der Waals surface area contributed by atoms with Crippen LogP contribution in [-0.4, -0.2) is 22.9 Å². The number of carbonyl (C=O) groups is 1. The summed E-state index contributed by atoms with van der Waals surface area (Å²) in [4.78, 5) is 22.4. The van der Waals surface area contributed by atoms with E-state index in [1.54, 1.807) is 24.3 Å². The van der Waals surface area contributed by atoms with Crippen molar-refractivity contribution in [2.45, 2.75) is 0 Å². The minimum atomic E-state index is -0.298. The topological polar surface area (TPSA) is 96.2 Å². The molecule has 0 radical (unpaired) electrons. The number of anilines is 4. The van der Waals surface area contributed by atoms with Crippen molar-refractivity contribution in [2.24, 2.45) is 0 Å². The molecule has 1 aromatic heterocycles. The number of hydrogen-bond acceptors (Lipinski definition) is 6. The molecule has 3 aromatic rings. The second kappa shape index (κ2) is 7.83. The SMILES string of the molecule is CN(c1ccccc1)c1ncnc(NNC(=O)c2ccc(Br)cc2)c1N. The maximum Gasteiger partial charge on any atom is 0.269 e. The van der Waals surface area contributed by atoms with Crippen LogP contribution >= 0.6 is 15.9 Å². The van der Waals surface area contributed by atoms with E-state index >= 15 is 0 Å². The number of nitrogens with one attached hydrogen (secondary N) is 2. The Morgan fingerprint density at radius 1 is 1.08 bits per heavy atom. The molecule has 1 heterocycles. The Kier molecular flexibility index (Phi) is 5.33. The van der Waals surface area contributed by atoms with E-state index in [9.17, 15) is 4.79 Å². The number of aromatic nitrogens is 2. The van der Waals surface area contributed by atoms with Crippen LogP contribution in [0.5, 0.6) is 0 Å². The molecule has 0 saturated carbocycles. The number of nitrogen functional groups attached to an aromatic ring is 1. The van der Waals surface area contributed by atoms with Crippen molar-refractivity contribution in [3.05, 3.63) is 71.0 Å². The van der Waals surface area contributed by atoms with Crippen LogP contribution in [0.25, 0.3) is 0 Å². The number of hydrogen-bond donors (Lipinski definition) is 3. The Morgan fingerprint density at radius 3 is 2.46 bits per heavy atom. The van der Waals surface area contributed by atoms with Crippen molar-refractivity contribution in [3.63, 3.8) is 0 Å². The van der Waals surface area contributed by atoms with Gasteiger partial charge in [-0.1, -0.05) is 34.1 Å². The quantitative estimate of drug-likeness (QED) is 0.556. The first-order valence-corrected chi connectivity index (χ1v) is 8.56. The van der Waals surface area contributed by atoms with E-state index in [1.165, 1.54) is 6.33 Å². The molecule has 0 aliphatic heterocycles. The van der Waals surface area contributed by atoms with Crippen molar-refractivity contribution in [2.75, 3.05) is 23.1 Å². The van der Waals surface area contributed by atoms with Gasteiger partial charge in [-0.05, 0) is 36.4 Å². The molecule has 0 saturated heterocycles. The molecule has 7 nitrogen and oxygen atoms in total. The van der Waals surface area contributed by atoms with Gasteiger partial charge in [-0.25, -0.2) is 9.97 Å². The lowest BCUT2D eigenvalue weighted by Crippen LogP contribution is -2.30. The zero-order valence-corrected chi connectivity index (χ0v) is 15.6. The fourth-order valence-corrected chi connectivity index (χ4v) is 2.58. The summed E-state index contributed by atoms with van der Waals surface area (Å²) >= 11 is 3.34. The summed E-state index contributed by atoms with van der Waals surface area (Å²) in [5.74, 6) is 0.559. The second-order valence-corrected chi connectivity index (χ2v) is 6.36. The highest BCUT2D eigenvalue weighted by Gasteiger charge is 2.14. The highest BCUT2D eigenvalue weighted by molar-refractivity contribution is 9.10. The van der Waals surface area contributed by atoms with Gasteiger partial charge in [-0.2, -0.15) is 0 Å². The van der Waals surface area contributed by atoms with Gasteiger partial charge in [0.2, 0.25) is 0 Å². The number of nitrogens with two attached hydrogens (primary N) is 1. The first-order chi connectivity index (χ1) is 12.6. The van der Waals surface area contributed by atoms with Gasteiger partial charge in [-0.15, -0.1) is 0 Å². The average Bonchev–Trinajstić information content (AvgIpc) is 2.67. The number of hydrazine groups is 1. The van der Waals surface area contributed by atoms with Crippen molar-refractivity contribution >= 4 is 44.8 Å². The average molecular weight is 413 g/mol. The lowest BCUT2D eigenvalue weighted by molar-refractivity contribution is 0.0962. The molecule has 0 spiro atoms. The van der Waals surface area contributed by atoms with Crippen LogP contribution in [0.4, 0.5) is 23.0 Å². The molecule has 0 atom stereocenters. The van der Waals surface area contributed by atoms with Gasteiger partial charge in [0.25, 0.3) is 5.91 Å². The lowest BCUT2D eigenvalue weighted by Gasteiger charge is -2.21. The summed E-state index contributed by atoms with van der Waals surface area (Å²) < 4.78 is 0.899. The van der Waals surface area contributed by atoms with Crippen LogP contribution in [0.2, 0.25) is 0 Å². The predicted octanol–water partition coefficient (Wildman–Crippen LogP) is 3.35. The zero-order chi connectivity index (χ0) is 18.5. The number of benzene rings is 2. The largest absolute Gasteiger partial charge is 0.393 e. The highest BCUT2D eigenvalue weighted by Crippen LogP contribution is 2.29. The Bertz CT molecular complexity index is 901. The van der Waals surface area contributed by atoms with E-state index in [-0.39, 0.29) is 5.91 Å². The summed E-state index contributed by atoms with van der Waals surface area (Å²) in [7, 11) is 1.86. The molecule has 1 amide bonds. The third-order valence-corrected chi connectivity index (χ3v) is 4.25. The Balaban J connectivity index is 1.75. The number of para-hydroxylation sites is 1. The van der Waals surface area contributed by atoms with Crippen molar-refractivity contribution in [1.82, 2.24) is 15.4 Å². The number of nitrogens with zero attached hydrogens (tertiary/aromatic N) is 3. The minimum Gasteiger partial charge on any atom is -0.393 e. The molecule has 0 aliphatic rings. The monoisotopic (exact) mass is 412 g/mol. The first-order valence-electron chi connectivity index (χ1n) is 7.77. The molecule has 2 aromatic carbocycles. The smallest absolute Gasteiger partial charge is 0.269 e. The number of rotatable bonds is 5. The Labute approximate surface area is 159 Å². The Hall–Kier alpha value is -3.13. The van der Waals surface area contributed by atoms with Gasteiger partial charge >= 0.3 is 0 Å². The predicted molar refractivity (Wildman–Crippen MR) is 106 cm³/mol. The standard InChI is InChI=1S/C18H17BrN6O/c1-25(14-5-3-2-4-6-14)17-15(20)16(21-11-22-17)23-24-18(26)12-7-9-13(19)10-8-12/h2-11H,20H2,1H3,(H,24,26)(H,21,22,23). The summed E-state index contributed by atoms with van der Waals surface area (Å²) in [6, 6.07) is 16.7. The third kappa shape index (κ3) is 3.92. The van der Waals surface area contributed by atoms with Crippen LogP contribution in [0.15, 0.2) is 65.4 Å². The van der Waals surface area contributed by atoms with Crippen LogP contribution in [0, 0.1) is 0 Å². The van der Waals surface area contributed by atoms with Gasteiger partial charge in [0.15, 0.2) is 11.6 Å². The van der Waals surface area contributed by atoms with Crippen molar-refractivity contribution < 1.29 is 4.79 Å². The van der Waals surface area contributed by atoms with E-state index < -0.39 is 0 Å². The maximum atomic E-state index is 12.2. The van der Waals surface area contributed by atoms with E-state index in [1.807, 2.05) is 42.3 Å². The van der Waals surface area contributed by atoms with Gasteiger partial charge in [0.05, 0.1) is 0 Å². The van der Waals surface area contributed by atoms with E-state index in [4.69, 9.17) is 5.73 Å². The Morgan fingerprint density at radius 2 is 1.77 bits per heavy atom. The van der Waals surface area contributed by atoms with Crippen molar-refractivity contribution in [1.29, 1.82) is 0 Å². The van der Waals surface area contributed by atoms with E-state index in [2.05, 4.69) is 36.7 Å². The summed E-state index contributed by atoms with van der Waals surface area (Å²) in [6.07, 6.45) is 1.39. The third-order valence-electron chi connectivity index (χ3n) is 3.72. The summed E-state index contributed by atoms with van der Waals surface area (Å²) in [5, 5.41) is 0. The normalized spacial score (nSPS) is 10.2. The minimum absolute atomic E-state index is 0.298. The zero-order valence-electron chi connectivity index (χ0n) is 14.0. The van der Waals surface area contributed by atoms with E-state index in [0.29, 0.717) is 22.9 Å². The number of halogens is 1. The molecule has 132 valence electrons. The molecule has 0 bridgehead atoms. The van der Waals surface area contributed by atoms with E-state index in [0.717, 1.165) is 10.2 Å². The first kappa shape index (κ1) is 17.7. The molecule has 3 rings (SSSR count). The fraction of sp³-hybridized carbons (Fsp3) is 0.0556. The molecular formula is C18H17BrN6O. The fourth-order valence-electron chi connectivity index (χ4n) is 2.32. The van der Waals surface area contributed by atoms with Crippen LogP contribution in [0.1, 0.15) is 10.4 Å². The van der Waals surface area contributed by atoms with Gasteiger partial charge in [-0.3, -0.25) is 15.6 Å². The van der Waals surface area contributed by atoms with Crippen LogP contribution in [-0.2, 0) is 0 Å². The molecule has 0 aliphatic carbocycles. The maximum absolute atomic E-state index is 12.2. The second-order valence-electron chi connectivity index (χ2n) is 5.44. The number of carbonyl (C=O) groups excluding carboxylic acids is 1. The highest BCUT2D eigenvalue weighted by atomic mass is 79.9. The van der Waals surface area contributed by atoms with Crippen LogP contribution in [0.3, 0.4) is 0 Å². The molecular weight excluding hydrogens is 396 g/mol. The lowest BCUT2D eigenvalue weighted by atomic mass is 10.2. The molecule has 26 heavy (non-hydrogen) atoms.